The van der Waals surface area contributed by atoms with E-state index in [2.05, 4.69) is 41.3 Å². The first-order valence-electron chi connectivity index (χ1n) is 9.22. The van der Waals surface area contributed by atoms with E-state index in [4.69, 9.17) is 4.74 Å². The first-order valence-corrected chi connectivity index (χ1v) is 9.22. The third-order valence-corrected chi connectivity index (χ3v) is 4.68. The fourth-order valence-corrected chi connectivity index (χ4v) is 2.88. The van der Waals surface area contributed by atoms with Gasteiger partial charge in [-0.05, 0) is 36.6 Å². The van der Waals surface area contributed by atoms with E-state index in [0.717, 1.165) is 28.4 Å². The van der Waals surface area contributed by atoms with Gasteiger partial charge in [0.1, 0.15) is 11.6 Å². The summed E-state index contributed by atoms with van der Waals surface area (Å²) in [5, 5.41) is 21.4. The second-order valence-electron chi connectivity index (χ2n) is 7.86. The zero-order chi connectivity index (χ0) is 20.3. The molecule has 2 N–H and O–H groups in total. The average Bonchev–Trinajstić information content (AvgIpc) is 3.11. The van der Waals surface area contributed by atoms with Gasteiger partial charge in [0, 0.05) is 11.8 Å². The molecule has 0 amide bonds. The summed E-state index contributed by atoms with van der Waals surface area (Å²) in [4.78, 5) is 4.27. The van der Waals surface area contributed by atoms with Crippen LogP contribution >= 0.6 is 12.4 Å². The molecule has 0 aliphatic heterocycles. The van der Waals surface area contributed by atoms with Gasteiger partial charge in [-0.3, -0.25) is 0 Å². The second kappa shape index (κ2) is 9.24. The van der Waals surface area contributed by atoms with E-state index in [0.29, 0.717) is 5.82 Å². The number of hydrogen-bond donors (Lipinski definition) is 2. The van der Waals surface area contributed by atoms with Crippen LogP contribution < -0.4 is 10.1 Å². The molecule has 7 nitrogen and oxygen atoms in total. The van der Waals surface area contributed by atoms with Crippen molar-refractivity contribution in [2.24, 2.45) is 5.41 Å². The third-order valence-electron chi connectivity index (χ3n) is 4.68. The van der Waals surface area contributed by atoms with Crippen LogP contribution in [0.5, 0.6) is 5.75 Å². The molecular weight excluding hydrogens is 390 g/mol. The highest BCUT2D eigenvalue weighted by atomic mass is 35.5. The van der Waals surface area contributed by atoms with Gasteiger partial charge in [-0.15, -0.1) is 22.6 Å². The molecule has 0 unspecified atom stereocenters. The van der Waals surface area contributed by atoms with Gasteiger partial charge in [0.25, 0.3) is 0 Å². The van der Waals surface area contributed by atoms with E-state index in [9.17, 15) is 5.11 Å². The van der Waals surface area contributed by atoms with Crippen LogP contribution in [0.3, 0.4) is 0 Å². The highest BCUT2D eigenvalue weighted by Crippen LogP contribution is 2.29. The van der Waals surface area contributed by atoms with E-state index in [1.54, 1.807) is 13.4 Å². The van der Waals surface area contributed by atoms with E-state index in [1.807, 2.05) is 48.0 Å². The van der Waals surface area contributed by atoms with Crippen molar-refractivity contribution in [1.82, 2.24) is 19.7 Å². The molecule has 0 spiro atoms. The zero-order valence-electron chi connectivity index (χ0n) is 17.4. The van der Waals surface area contributed by atoms with Crippen molar-refractivity contribution in [3.05, 3.63) is 48.5 Å². The number of aliphatic hydroxyl groups is 1. The maximum Gasteiger partial charge on any atom is 0.148 e. The van der Waals surface area contributed by atoms with Crippen molar-refractivity contribution in [2.45, 2.75) is 33.7 Å². The van der Waals surface area contributed by atoms with Crippen LogP contribution in [0.4, 0.5) is 5.82 Å². The van der Waals surface area contributed by atoms with Crippen molar-refractivity contribution in [3.8, 4) is 22.7 Å². The Balaban J connectivity index is 0.00000300. The lowest BCUT2D eigenvalue weighted by molar-refractivity contribution is 0.201. The second-order valence-corrected chi connectivity index (χ2v) is 7.86. The standard InChI is InChI=1S/C21H27N5O2.ClH/c1-14-11-26(13-22-14)17-8-6-15(10-18(17)28-5)16-7-9-20(25-24-16)23-19(12-27)21(2,3)4;/h6-11,13,19,27H,12H2,1-5H3,(H,23,25);1H/t19-;/m1./s1. The average molecular weight is 418 g/mol. The van der Waals surface area contributed by atoms with Crippen LogP contribution in [0, 0.1) is 12.3 Å². The molecule has 0 bridgehead atoms. The fraction of sp³-hybridized carbons (Fsp3) is 0.381. The monoisotopic (exact) mass is 417 g/mol. The van der Waals surface area contributed by atoms with Gasteiger partial charge in [0.2, 0.25) is 0 Å². The SMILES string of the molecule is COc1cc(-c2ccc(N[C@H](CO)C(C)(C)C)nn2)ccc1-n1cnc(C)c1.Cl. The van der Waals surface area contributed by atoms with Crippen molar-refractivity contribution in [2.75, 3.05) is 19.0 Å². The van der Waals surface area contributed by atoms with Crippen molar-refractivity contribution >= 4 is 18.2 Å². The van der Waals surface area contributed by atoms with Crippen LogP contribution in [-0.4, -0.2) is 44.6 Å². The lowest BCUT2D eigenvalue weighted by atomic mass is 9.87. The minimum absolute atomic E-state index is 0. The molecule has 1 aromatic carbocycles. The number of aromatic nitrogens is 4. The molecule has 3 rings (SSSR count). The molecule has 0 radical (unpaired) electrons. The molecule has 2 aromatic heterocycles. The number of nitrogens with zero attached hydrogens (tertiary/aromatic N) is 4. The van der Waals surface area contributed by atoms with Crippen LogP contribution in [0.2, 0.25) is 0 Å². The molecule has 8 heteroatoms. The number of rotatable bonds is 6. The van der Waals surface area contributed by atoms with Crippen molar-refractivity contribution in [3.63, 3.8) is 0 Å². The Morgan fingerprint density at radius 2 is 1.93 bits per heavy atom. The van der Waals surface area contributed by atoms with Gasteiger partial charge in [-0.25, -0.2) is 4.98 Å². The Morgan fingerprint density at radius 1 is 1.17 bits per heavy atom. The number of hydrogen-bond acceptors (Lipinski definition) is 6. The molecule has 0 saturated carbocycles. The molecule has 0 saturated heterocycles. The summed E-state index contributed by atoms with van der Waals surface area (Å²) in [6.07, 6.45) is 3.71. The maximum absolute atomic E-state index is 9.60. The molecule has 0 aliphatic rings. The van der Waals surface area contributed by atoms with Crippen LogP contribution in [0.1, 0.15) is 26.5 Å². The molecule has 0 aliphatic carbocycles. The highest BCUT2D eigenvalue weighted by Gasteiger charge is 2.24. The summed E-state index contributed by atoms with van der Waals surface area (Å²) in [6.45, 7) is 8.18. The number of nitrogens with one attached hydrogen (secondary N) is 1. The van der Waals surface area contributed by atoms with Gasteiger partial charge < -0.3 is 19.7 Å². The number of aryl methyl sites for hydroxylation is 1. The van der Waals surface area contributed by atoms with Gasteiger partial charge in [-0.2, -0.15) is 0 Å². The van der Waals surface area contributed by atoms with Gasteiger partial charge in [0.15, 0.2) is 0 Å². The Morgan fingerprint density at radius 3 is 2.45 bits per heavy atom. The zero-order valence-corrected chi connectivity index (χ0v) is 18.2. The highest BCUT2D eigenvalue weighted by molar-refractivity contribution is 5.85. The van der Waals surface area contributed by atoms with Crippen molar-refractivity contribution in [1.29, 1.82) is 0 Å². The van der Waals surface area contributed by atoms with Crippen molar-refractivity contribution < 1.29 is 9.84 Å². The first-order chi connectivity index (χ1) is 13.3. The summed E-state index contributed by atoms with van der Waals surface area (Å²) < 4.78 is 7.49. The lowest BCUT2D eigenvalue weighted by Gasteiger charge is -2.30. The fourth-order valence-electron chi connectivity index (χ4n) is 2.88. The lowest BCUT2D eigenvalue weighted by Crippen LogP contribution is -2.37. The first kappa shape index (κ1) is 22.6. The molecule has 0 fully saturated rings. The summed E-state index contributed by atoms with van der Waals surface area (Å²) in [7, 11) is 1.65. The minimum atomic E-state index is -0.106. The van der Waals surface area contributed by atoms with Gasteiger partial charge >= 0.3 is 0 Å². The van der Waals surface area contributed by atoms with E-state index in [-0.39, 0.29) is 30.5 Å². The predicted octanol–water partition coefficient (Wildman–Crippen LogP) is 3.89. The van der Waals surface area contributed by atoms with Crippen LogP contribution in [-0.2, 0) is 0 Å². The number of imidazole rings is 1. The smallest absolute Gasteiger partial charge is 0.148 e. The molecule has 29 heavy (non-hydrogen) atoms. The molecule has 1 atom stereocenters. The van der Waals surface area contributed by atoms with Gasteiger partial charge in [-0.1, -0.05) is 26.8 Å². The molecule has 3 aromatic rings. The summed E-state index contributed by atoms with van der Waals surface area (Å²) in [6, 6.07) is 9.57. The van der Waals surface area contributed by atoms with Gasteiger partial charge in [0.05, 0.1) is 43.2 Å². The Bertz CT molecular complexity index is 935. The Kier molecular flexibility index (Phi) is 7.21. The molecule has 156 valence electrons. The Labute approximate surface area is 177 Å². The molecule has 2 heterocycles. The largest absolute Gasteiger partial charge is 0.495 e. The minimum Gasteiger partial charge on any atom is -0.495 e. The number of ether oxygens (including phenoxy) is 1. The van der Waals surface area contributed by atoms with E-state index in [1.165, 1.54) is 0 Å². The number of halogens is 1. The normalized spacial score (nSPS) is 12.2. The summed E-state index contributed by atoms with van der Waals surface area (Å²) >= 11 is 0. The van der Waals surface area contributed by atoms with E-state index < -0.39 is 0 Å². The number of anilines is 1. The molecular formula is C21H28ClN5O2. The predicted molar refractivity (Wildman–Crippen MR) is 117 cm³/mol. The Hall–Kier alpha value is -2.64. The van der Waals surface area contributed by atoms with Crippen LogP contribution in [0.25, 0.3) is 16.9 Å². The topological polar surface area (TPSA) is 85.1 Å². The third kappa shape index (κ3) is 5.25. The maximum atomic E-state index is 9.60. The van der Waals surface area contributed by atoms with Crippen LogP contribution in [0.15, 0.2) is 42.9 Å². The number of benzene rings is 1. The summed E-state index contributed by atoms with van der Waals surface area (Å²) in [5.74, 6) is 1.36. The number of aliphatic hydroxyl groups excluding tert-OH is 1. The number of methoxy groups -OCH3 is 1. The van der Waals surface area contributed by atoms with E-state index >= 15 is 0 Å². The summed E-state index contributed by atoms with van der Waals surface area (Å²) in [5.41, 5.74) is 3.41. The quantitative estimate of drug-likeness (QED) is 0.633.